The number of carboxylic acid groups (broad SMARTS) is 1. The van der Waals surface area contributed by atoms with E-state index < -0.39 is 5.97 Å². The van der Waals surface area contributed by atoms with E-state index in [2.05, 4.69) is 10.2 Å². The minimum absolute atomic E-state index is 0.134. The van der Waals surface area contributed by atoms with Gasteiger partial charge in [0.15, 0.2) is 0 Å². The van der Waals surface area contributed by atoms with Crippen molar-refractivity contribution in [2.75, 3.05) is 7.11 Å². The Kier molecular flexibility index (Phi) is 2.59. The minimum Gasteiger partial charge on any atom is -0.495 e. The maximum Gasteiger partial charge on any atom is 0.339 e. The highest BCUT2D eigenvalue weighted by Gasteiger charge is 2.16. The Hall–Kier alpha value is -2.30. The van der Waals surface area contributed by atoms with Crippen LogP contribution in [0.15, 0.2) is 30.5 Å². The van der Waals surface area contributed by atoms with Gasteiger partial charge in [-0.1, -0.05) is 6.07 Å². The van der Waals surface area contributed by atoms with Crippen LogP contribution in [-0.4, -0.2) is 28.4 Å². The Morgan fingerprint density at radius 1 is 1.44 bits per heavy atom. The number of benzene rings is 1. The molecule has 2 aromatic rings. The molecule has 1 heterocycles. The van der Waals surface area contributed by atoms with Crippen LogP contribution in [0, 0.1) is 0 Å². The van der Waals surface area contributed by atoms with Crippen LogP contribution in [0.1, 0.15) is 10.4 Å². The lowest BCUT2D eigenvalue weighted by Crippen LogP contribution is -2.01. The lowest BCUT2D eigenvalue weighted by atomic mass is 10.1. The first-order chi connectivity index (χ1) is 7.74. The van der Waals surface area contributed by atoms with Gasteiger partial charge >= 0.3 is 5.97 Å². The Morgan fingerprint density at radius 2 is 2.25 bits per heavy atom. The highest BCUT2D eigenvalue weighted by molar-refractivity contribution is 5.94. The third kappa shape index (κ3) is 1.63. The summed E-state index contributed by atoms with van der Waals surface area (Å²) in [7, 11) is 1.45. The summed E-state index contributed by atoms with van der Waals surface area (Å²) in [6, 6.07) is 6.70. The lowest BCUT2D eigenvalue weighted by molar-refractivity contribution is 0.0693. The zero-order valence-corrected chi connectivity index (χ0v) is 8.60. The smallest absolute Gasteiger partial charge is 0.339 e. The number of nitrogens with zero attached hydrogens (tertiary/aromatic N) is 1. The molecule has 0 atom stereocenters. The van der Waals surface area contributed by atoms with Crippen molar-refractivity contribution in [3.05, 3.63) is 36.0 Å². The van der Waals surface area contributed by atoms with Gasteiger partial charge in [0.05, 0.1) is 12.8 Å². The molecule has 82 valence electrons. The Labute approximate surface area is 91.7 Å². The van der Waals surface area contributed by atoms with E-state index in [0.717, 1.165) is 5.69 Å². The summed E-state index contributed by atoms with van der Waals surface area (Å²) >= 11 is 0. The molecule has 0 aliphatic carbocycles. The molecule has 1 aromatic carbocycles. The molecule has 2 rings (SSSR count). The molecule has 16 heavy (non-hydrogen) atoms. The van der Waals surface area contributed by atoms with E-state index in [9.17, 15) is 4.79 Å². The van der Waals surface area contributed by atoms with E-state index in [0.29, 0.717) is 11.3 Å². The van der Waals surface area contributed by atoms with E-state index in [1.807, 2.05) is 0 Å². The fraction of sp³-hybridized carbons (Fsp3) is 0.0909. The number of hydrogen-bond donors (Lipinski definition) is 2. The second kappa shape index (κ2) is 4.06. The van der Waals surface area contributed by atoms with E-state index in [-0.39, 0.29) is 5.56 Å². The number of carbonyl (C=O) groups is 1. The molecule has 0 fully saturated rings. The number of ether oxygens (including phenoxy) is 1. The predicted octanol–water partition coefficient (Wildman–Crippen LogP) is 1.78. The molecule has 5 nitrogen and oxygen atoms in total. The van der Waals surface area contributed by atoms with Crippen molar-refractivity contribution >= 4 is 5.97 Å². The zero-order chi connectivity index (χ0) is 11.5. The maximum atomic E-state index is 11.0. The van der Waals surface area contributed by atoms with E-state index in [1.165, 1.54) is 13.2 Å². The molecule has 0 unspecified atom stereocenters. The van der Waals surface area contributed by atoms with Crippen LogP contribution < -0.4 is 4.74 Å². The second-order valence-corrected chi connectivity index (χ2v) is 3.16. The van der Waals surface area contributed by atoms with Crippen LogP contribution in [0.3, 0.4) is 0 Å². The molecule has 0 amide bonds. The first-order valence-electron chi connectivity index (χ1n) is 4.64. The summed E-state index contributed by atoms with van der Waals surface area (Å²) in [5.74, 6) is -0.683. The summed E-state index contributed by atoms with van der Waals surface area (Å²) < 4.78 is 5.13. The summed E-state index contributed by atoms with van der Waals surface area (Å²) in [5, 5.41) is 15.6. The lowest BCUT2D eigenvalue weighted by Gasteiger charge is -2.09. The summed E-state index contributed by atoms with van der Waals surface area (Å²) in [6.45, 7) is 0. The van der Waals surface area contributed by atoms with E-state index in [4.69, 9.17) is 9.84 Å². The second-order valence-electron chi connectivity index (χ2n) is 3.16. The summed E-state index contributed by atoms with van der Waals surface area (Å²) in [4.78, 5) is 11.0. The fourth-order valence-corrected chi connectivity index (χ4v) is 1.54. The maximum absolute atomic E-state index is 11.0. The number of H-pyrrole nitrogens is 1. The summed E-state index contributed by atoms with van der Waals surface area (Å²) in [5.41, 5.74) is 1.54. The molecule has 0 spiro atoms. The highest BCUT2D eigenvalue weighted by atomic mass is 16.5. The van der Waals surface area contributed by atoms with Crippen molar-refractivity contribution in [1.29, 1.82) is 0 Å². The highest BCUT2D eigenvalue weighted by Crippen LogP contribution is 2.31. The largest absolute Gasteiger partial charge is 0.495 e. The van der Waals surface area contributed by atoms with Crippen LogP contribution in [0.2, 0.25) is 0 Å². The molecule has 5 heteroatoms. The average molecular weight is 218 g/mol. The van der Waals surface area contributed by atoms with Gasteiger partial charge in [-0.2, -0.15) is 5.10 Å². The molecule has 0 radical (unpaired) electrons. The molecule has 1 aromatic heterocycles. The Morgan fingerprint density at radius 3 is 2.81 bits per heavy atom. The van der Waals surface area contributed by atoms with E-state index >= 15 is 0 Å². The standard InChI is InChI=1S/C11H10N2O3/c1-16-10-7(9-5-6-12-13-9)3-2-4-8(10)11(14)15/h2-6H,1H3,(H,12,13)(H,14,15). The van der Waals surface area contributed by atoms with Gasteiger partial charge in [-0.3, -0.25) is 5.10 Å². The number of para-hydroxylation sites is 1. The number of aromatic nitrogens is 2. The quantitative estimate of drug-likeness (QED) is 0.823. The third-order valence-corrected chi connectivity index (χ3v) is 2.24. The third-order valence-electron chi connectivity index (χ3n) is 2.24. The van der Waals surface area contributed by atoms with Crippen molar-refractivity contribution in [3.8, 4) is 17.0 Å². The fourth-order valence-electron chi connectivity index (χ4n) is 1.54. The van der Waals surface area contributed by atoms with Crippen molar-refractivity contribution in [2.24, 2.45) is 0 Å². The van der Waals surface area contributed by atoms with Crippen molar-refractivity contribution in [3.63, 3.8) is 0 Å². The molecule has 0 aliphatic rings. The van der Waals surface area contributed by atoms with Gasteiger partial charge in [0.1, 0.15) is 11.3 Å². The molecular weight excluding hydrogens is 208 g/mol. The van der Waals surface area contributed by atoms with Crippen molar-refractivity contribution < 1.29 is 14.6 Å². The number of aromatic carboxylic acids is 1. The molecule has 0 saturated carbocycles. The van der Waals surface area contributed by atoms with Gasteiger partial charge in [0.25, 0.3) is 0 Å². The number of aromatic amines is 1. The van der Waals surface area contributed by atoms with E-state index in [1.54, 1.807) is 24.4 Å². The van der Waals surface area contributed by atoms with Gasteiger partial charge in [-0.15, -0.1) is 0 Å². The van der Waals surface area contributed by atoms with Crippen molar-refractivity contribution in [1.82, 2.24) is 10.2 Å². The van der Waals surface area contributed by atoms with Crippen LogP contribution in [0.4, 0.5) is 0 Å². The van der Waals surface area contributed by atoms with Crippen LogP contribution in [0.25, 0.3) is 11.3 Å². The number of carboxylic acids is 1. The SMILES string of the molecule is COc1c(C(=O)O)cccc1-c1ccn[nH]1. The predicted molar refractivity (Wildman–Crippen MR) is 57.5 cm³/mol. The topological polar surface area (TPSA) is 75.2 Å². The van der Waals surface area contributed by atoms with Crippen LogP contribution in [-0.2, 0) is 0 Å². The van der Waals surface area contributed by atoms with Gasteiger partial charge < -0.3 is 9.84 Å². The average Bonchev–Trinajstić information content (AvgIpc) is 2.81. The number of nitrogens with one attached hydrogen (secondary N) is 1. The van der Waals surface area contributed by atoms with Gasteiger partial charge in [0.2, 0.25) is 0 Å². The van der Waals surface area contributed by atoms with Gasteiger partial charge in [-0.05, 0) is 18.2 Å². The molecule has 2 N–H and O–H groups in total. The molecule has 0 saturated heterocycles. The van der Waals surface area contributed by atoms with Crippen molar-refractivity contribution in [2.45, 2.75) is 0 Å². The number of hydrogen-bond acceptors (Lipinski definition) is 3. The van der Waals surface area contributed by atoms with Gasteiger partial charge in [-0.25, -0.2) is 4.79 Å². The molecule has 0 aliphatic heterocycles. The minimum atomic E-state index is -1.02. The monoisotopic (exact) mass is 218 g/mol. The van der Waals surface area contributed by atoms with Gasteiger partial charge in [0, 0.05) is 11.8 Å². The van der Waals surface area contributed by atoms with Crippen LogP contribution >= 0.6 is 0 Å². The van der Waals surface area contributed by atoms with Crippen LogP contribution in [0.5, 0.6) is 5.75 Å². The first-order valence-corrected chi connectivity index (χ1v) is 4.64. The Balaban J connectivity index is 2.62. The molecule has 0 bridgehead atoms. The number of methoxy groups -OCH3 is 1. The molecular formula is C11H10N2O3. The zero-order valence-electron chi connectivity index (χ0n) is 8.60. The summed E-state index contributed by atoms with van der Waals surface area (Å²) in [6.07, 6.45) is 1.60. The normalized spacial score (nSPS) is 10.1. The number of rotatable bonds is 3. The first kappa shape index (κ1) is 10.2. The Bertz CT molecular complexity index is 506.